The highest BCUT2D eigenvalue weighted by atomic mass is 16.3. The van der Waals surface area contributed by atoms with Gasteiger partial charge in [-0.3, -0.25) is 0 Å². The Morgan fingerprint density at radius 2 is 1.75 bits per heavy atom. The van der Waals surface area contributed by atoms with Crippen LogP contribution in [0, 0.1) is 11.8 Å². The molecule has 0 radical (unpaired) electrons. The lowest BCUT2D eigenvalue weighted by Gasteiger charge is -1.98. The molecule has 2 aromatic rings. The fraction of sp³-hybridized carbons (Fsp3) is 0.231. The summed E-state index contributed by atoms with van der Waals surface area (Å²) in [6.45, 7) is 5.86. The van der Waals surface area contributed by atoms with Crippen molar-refractivity contribution in [2.75, 3.05) is 0 Å². The summed E-state index contributed by atoms with van der Waals surface area (Å²) in [5.41, 5.74) is 1.14. The first-order valence-electron chi connectivity index (χ1n) is 5.30. The summed E-state index contributed by atoms with van der Waals surface area (Å²) in [7, 11) is 0. The molecule has 0 bridgehead atoms. The molecule has 0 aliphatic rings. The highest BCUT2D eigenvalue weighted by Gasteiger charge is 2.07. The zero-order valence-electron chi connectivity index (χ0n) is 9.73. The molecule has 0 amide bonds. The molecule has 1 aromatic carbocycles. The third-order valence-corrected chi connectivity index (χ3v) is 2.01. The van der Waals surface area contributed by atoms with E-state index >= 15 is 0 Å². The number of hydrogen-bond acceptors (Lipinski definition) is 3. The summed E-state index contributed by atoms with van der Waals surface area (Å²) in [6, 6.07) is 10.8. The molecule has 16 heavy (non-hydrogen) atoms. The van der Waals surface area contributed by atoms with E-state index in [9.17, 15) is 4.91 Å². The molecule has 84 valence electrons. The Bertz CT molecular complexity index is 460. The largest absolute Gasteiger partial charge is 0.461 e. The van der Waals surface area contributed by atoms with Crippen LogP contribution in [0.3, 0.4) is 0 Å². The molecular formula is C13H15NO2. The van der Waals surface area contributed by atoms with Crippen LogP contribution in [0.15, 0.2) is 46.0 Å². The Hall–Kier alpha value is -1.90. The van der Waals surface area contributed by atoms with E-state index in [1.807, 2.05) is 45.0 Å². The second-order valence-corrected chi connectivity index (χ2v) is 3.02. The molecule has 0 N–H and O–H groups in total. The first-order valence-corrected chi connectivity index (χ1v) is 5.30. The molecule has 0 fully saturated rings. The zero-order chi connectivity index (χ0) is 12.0. The second kappa shape index (κ2) is 5.85. The van der Waals surface area contributed by atoms with Crippen LogP contribution in [0.5, 0.6) is 0 Å². The third kappa shape index (κ3) is 2.57. The Morgan fingerprint density at radius 1 is 1.06 bits per heavy atom. The first kappa shape index (κ1) is 12.2. The number of rotatable bonds is 2. The molecule has 1 heterocycles. The maximum absolute atomic E-state index is 10.5. The van der Waals surface area contributed by atoms with E-state index in [2.05, 4.69) is 5.18 Å². The Balaban J connectivity index is 0.000000606. The molecule has 0 atom stereocenters. The number of furan rings is 1. The van der Waals surface area contributed by atoms with Crippen molar-refractivity contribution in [1.29, 1.82) is 0 Å². The normalized spacial score (nSPS) is 9.19. The highest BCUT2D eigenvalue weighted by molar-refractivity contribution is 5.71. The molecule has 1 aromatic heterocycles. The maximum atomic E-state index is 10.5. The van der Waals surface area contributed by atoms with E-state index in [0.717, 1.165) is 11.3 Å². The van der Waals surface area contributed by atoms with Crippen LogP contribution in [0.1, 0.15) is 19.6 Å². The van der Waals surface area contributed by atoms with Gasteiger partial charge in [0.25, 0.3) is 0 Å². The van der Waals surface area contributed by atoms with Crippen LogP contribution in [-0.2, 0) is 0 Å². The van der Waals surface area contributed by atoms with Gasteiger partial charge >= 0.3 is 0 Å². The lowest BCUT2D eigenvalue weighted by molar-refractivity contribution is 0.548. The van der Waals surface area contributed by atoms with Gasteiger partial charge in [0.15, 0.2) is 0 Å². The van der Waals surface area contributed by atoms with E-state index < -0.39 is 0 Å². The fourth-order valence-electron chi connectivity index (χ4n) is 1.34. The van der Waals surface area contributed by atoms with Gasteiger partial charge in [0.05, 0.1) is 0 Å². The van der Waals surface area contributed by atoms with Gasteiger partial charge < -0.3 is 4.42 Å². The van der Waals surface area contributed by atoms with Crippen LogP contribution >= 0.6 is 0 Å². The molecule has 0 spiro atoms. The van der Waals surface area contributed by atoms with Crippen LogP contribution < -0.4 is 0 Å². The maximum Gasteiger partial charge on any atom is 0.136 e. The van der Waals surface area contributed by atoms with Gasteiger partial charge in [-0.05, 0) is 36.4 Å². The zero-order valence-corrected chi connectivity index (χ0v) is 9.73. The van der Waals surface area contributed by atoms with Crippen molar-refractivity contribution in [2.24, 2.45) is 5.18 Å². The van der Waals surface area contributed by atoms with Crippen molar-refractivity contribution in [3.63, 3.8) is 0 Å². The van der Waals surface area contributed by atoms with Crippen molar-refractivity contribution in [3.8, 4) is 11.3 Å². The van der Waals surface area contributed by atoms with Crippen LogP contribution in [0.4, 0.5) is 5.69 Å². The van der Waals surface area contributed by atoms with Crippen LogP contribution in [0.2, 0.25) is 0 Å². The third-order valence-electron chi connectivity index (χ3n) is 2.01. The van der Waals surface area contributed by atoms with Gasteiger partial charge in [-0.2, -0.15) is 0 Å². The minimum absolute atomic E-state index is 0.404. The second-order valence-electron chi connectivity index (χ2n) is 3.02. The molecule has 0 aliphatic carbocycles. The first-order chi connectivity index (χ1) is 7.81. The van der Waals surface area contributed by atoms with Gasteiger partial charge in [0.1, 0.15) is 17.2 Å². The summed E-state index contributed by atoms with van der Waals surface area (Å²) >= 11 is 0. The van der Waals surface area contributed by atoms with Crippen molar-refractivity contribution < 1.29 is 4.42 Å². The SMILES string of the molecule is CC.Cc1ccc(-c2ccccc2N=O)o1. The Labute approximate surface area is 95.1 Å². The standard InChI is InChI=1S/C11H9NO2.C2H6/c1-8-6-7-11(14-8)9-4-2-3-5-10(9)12-13;1-2/h2-7H,1H3;1-2H3. The molecule has 0 unspecified atom stereocenters. The molecule has 3 nitrogen and oxygen atoms in total. The summed E-state index contributed by atoms with van der Waals surface area (Å²) in [6.07, 6.45) is 0. The summed E-state index contributed by atoms with van der Waals surface area (Å²) in [5.74, 6) is 1.50. The summed E-state index contributed by atoms with van der Waals surface area (Å²) in [4.78, 5) is 10.5. The number of nitroso groups, excluding NO2 is 1. The quantitative estimate of drug-likeness (QED) is 0.685. The van der Waals surface area contributed by atoms with E-state index in [1.54, 1.807) is 12.1 Å². The van der Waals surface area contributed by atoms with Crippen LogP contribution in [0.25, 0.3) is 11.3 Å². The number of hydrogen-bond donors (Lipinski definition) is 0. The van der Waals surface area contributed by atoms with Crippen molar-refractivity contribution in [3.05, 3.63) is 47.1 Å². The van der Waals surface area contributed by atoms with Gasteiger partial charge in [-0.25, -0.2) is 0 Å². The fourth-order valence-corrected chi connectivity index (χ4v) is 1.34. The van der Waals surface area contributed by atoms with Gasteiger partial charge in [0.2, 0.25) is 0 Å². The number of nitrogens with zero attached hydrogens (tertiary/aromatic N) is 1. The minimum Gasteiger partial charge on any atom is -0.461 e. The summed E-state index contributed by atoms with van der Waals surface area (Å²) in [5, 5.41) is 2.95. The lowest BCUT2D eigenvalue weighted by Crippen LogP contribution is -1.73. The predicted octanol–water partition coefficient (Wildman–Crippen LogP) is 4.68. The topological polar surface area (TPSA) is 42.6 Å². The molecule has 2 rings (SSSR count). The smallest absolute Gasteiger partial charge is 0.136 e. The lowest BCUT2D eigenvalue weighted by atomic mass is 10.1. The van der Waals surface area contributed by atoms with Crippen molar-refractivity contribution >= 4 is 5.69 Å². The Morgan fingerprint density at radius 3 is 2.31 bits per heavy atom. The summed E-state index contributed by atoms with van der Waals surface area (Å²) < 4.78 is 5.41. The molecule has 3 heteroatoms. The van der Waals surface area contributed by atoms with Crippen molar-refractivity contribution in [1.82, 2.24) is 0 Å². The highest BCUT2D eigenvalue weighted by Crippen LogP contribution is 2.30. The monoisotopic (exact) mass is 217 g/mol. The average Bonchev–Trinajstić information content (AvgIpc) is 2.78. The average molecular weight is 217 g/mol. The van der Waals surface area contributed by atoms with E-state index in [4.69, 9.17) is 4.42 Å². The van der Waals surface area contributed by atoms with Gasteiger partial charge in [0, 0.05) is 5.56 Å². The van der Waals surface area contributed by atoms with Gasteiger partial charge in [-0.1, -0.05) is 26.0 Å². The minimum atomic E-state index is 0.404. The van der Waals surface area contributed by atoms with E-state index in [-0.39, 0.29) is 0 Å². The van der Waals surface area contributed by atoms with E-state index in [0.29, 0.717) is 11.4 Å². The van der Waals surface area contributed by atoms with Crippen LogP contribution in [-0.4, -0.2) is 0 Å². The molecule has 0 aliphatic heterocycles. The van der Waals surface area contributed by atoms with Crippen molar-refractivity contribution in [2.45, 2.75) is 20.8 Å². The number of benzene rings is 1. The number of aryl methyl sites for hydroxylation is 1. The molecule has 0 saturated carbocycles. The molecular weight excluding hydrogens is 202 g/mol. The Kier molecular flexibility index (Phi) is 4.45. The van der Waals surface area contributed by atoms with E-state index in [1.165, 1.54) is 0 Å². The van der Waals surface area contributed by atoms with Gasteiger partial charge in [-0.15, -0.1) is 4.91 Å². The molecule has 0 saturated heterocycles. The predicted molar refractivity (Wildman–Crippen MR) is 65.7 cm³/mol.